The molecular formula is C13H21N3O2S. The summed E-state index contributed by atoms with van der Waals surface area (Å²) < 4.78 is 0. The van der Waals surface area contributed by atoms with Crippen molar-refractivity contribution in [3.05, 3.63) is 15.6 Å². The Labute approximate surface area is 117 Å². The van der Waals surface area contributed by atoms with Crippen LogP contribution in [0.2, 0.25) is 0 Å². The van der Waals surface area contributed by atoms with Crippen molar-refractivity contribution in [1.82, 2.24) is 15.6 Å². The van der Waals surface area contributed by atoms with Gasteiger partial charge in [-0.1, -0.05) is 12.8 Å². The summed E-state index contributed by atoms with van der Waals surface area (Å²) >= 11 is 1.60. The van der Waals surface area contributed by atoms with Crippen LogP contribution in [0.3, 0.4) is 0 Å². The number of aromatic nitrogens is 1. The molecule has 0 aromatic carbocycles. The maximum absolute atomic E-state index is 11.8. The molecule has 106 valence electrons. The fraction of sp³-hybridized carbons (Fsp3) is 0.692. The molecule has 1 aromatic heterocycles. The van der Waals surface area contributed by atoms with Crippen LogP contribution in [0, 0.1) is 13.8 Å². The van der Waals surface area contributed by atoms with Gasteiger partial charge >= 0.3 is 6.03 Å². The molecule has 5 nitrogen and oxygen atoms in total. The van der Waals surface area contributed by atoms with Gasteiger partial charge in [-0.25, -0.2) is 9.78 Å². The Kier molecular flexibility index (Phi) is 4.76. The highest BCUT2D eigenvalue weighted by Crippen LogP contribution is 2.18. The highest BCUT2D eigenvalue weighted by Gasteiger charge is 2.24. The molecule has 1 aliphatic rings. The number of carbonyl (C=O) groups excluding carboxylic acids is 1. The second kappa shape index (κ2) is 6.34. The molecule has 1 heterocycles. The molecule has 2 rings (SSSR count). The molecule has 1 fully saturated rings. The first-order valence-electron chi connectivity index (χ1n) is 6.71. The lowest BCUT2D eigenvalue weighted by atomic mass is 9.93. The quantitative estimate of drug-likeness (QED) is 0.792. The van der Waals surface area contributed by atoms with Crippen molar-refractivity contribution >= 4 is 17.4 Å². The first-order chi connectivity index (χ1) is 9.06. The van der Waals surface area contributed by atoms with E-state index in [1.807, 2.05) is 13.8 Å². The molecule has 0 aliphatic heterocycles. The Morgan fingerprint density at radius 3 is 2.79 bits per heavy atom. The predicted molar refractivity (Wildman–Crippen MR) is 75.2 cm³/mol. The molecule has 2 amide bonds. The number of carbonyl (C=O) groups is 1. The van der Waals surface area contributed by atoms with Crippen LogP contribution >= 0.6 is 11.3 Å². The average Bonchev–Trinajstić information content (AvgIpc) is 2.69. The van der Waals surface area contributed by atoms with Crippen molar-refractivity contribution in [3.63, 3.8) is 0 Å². The zero-order valence-corrected chi connectivity index (χ0v) is 12.2. The van der Waals surface area contributed by atoms with Crippen LogP contribution in [0.4, 0.5) is 4.79 Å². The first kappa shape index (κ1) is 14.3. The standard InChI is InChI=1S/C13H21N3O2S/c1-8-9(2)19-12(15-8)7-14-13(18)16-10-5-3-4-6-11(10)17/h10-11,17H,3-7H2,1-2H3,(H2,14,16,18). The van der Waals surface area contributed by atoms with Crippen LogP contribution < -0.4 is 10.6 Å². The van der Waals surface area contributed by atoms with Gasteiger partial charge in [-0.15, -0.1) is 11.3 Å². The number of aliphatic hydroxyl groups excluding tert-OH is 1. The van der Waals surface area contributed by atoms with Gasteiger partial charge in [0.25, 0.3) is 0 Å². The molecule has 1 aromatic rings. The van der Waals surface area contributed by atoms with Gasteiger partial charge in [0.15, 0.2) is 0 Å². The third-order valence-electron chi connectivity index (χ3n) is 3.52. The van der Waals surface area contributed by atoms with Crippen molar-refractivity contribution in [1.29, 1.82) is 0 Å². The summed E-state index contributed by atoms with van der Waals surface area (Å²) in [6.45, 7) is 4.43. The van der Waals surface area contributed by atoms with Crippen LogP contribution in [0.15, 0.2) is 0 Å². The van der Waals surface area contributed by atoms with Crippen molar-refractivity contribution in [2.24, 2.45) is 0 Å². The van der Waals surface area contributed by atoms with Gasteiger partial charge < -0.3 is 15.7 Å². The topological polar surface area (TPSA) is 74.2 Å². The summed E-state index contributed by atoms with van der Waals surface area (Å²) in [6.07, 6.45) is 3.31. The lowest BCUT2D eigenvalue weighted by Crippen LogP contribution is -2.48. The number of amides is 2. The molecule has 3 N–H and O–H groups in total. The van der Waals surface area contributed by atoms with E-state index in [0.717, 1.165) is 36.4 Å². The fourth-order valence-corrected chi connectivity index (χ4v) is 3.14. The monoisotopic (exact) mass is 283 g/mol. The summed E-state index contributed by atoms with van der Waals surface area (Å²) in [4.78, 5) is 17.3. The minimum absolute atomic E-state index is 0.117. The molecule has 0 radical (unpaired) electrons. The number of aliphatic hydroxyl groups is 1. The highest BCUT2D eigenvalue weighted by atomic mass is 32.1. The number of urea groups is 1. The van der Waals surface area contributed by atoms with Crippen molar-refractivity contribution in [3.8, 4) is 0 Å². The molecule has 1 aliphatic carbocycles. The average molecular weight is 283 g/mol. The number of nitrogens with zero attached hydrogens (tertiary/aromatic N) is 1. The Morgan fingerprint density at radius 2 is 2.16 bits per heavy atom. The summed E-state index contributed by atoms with van der Waals surface area (Å²) in [5, 5.41) is 16.3. The van der Waals surface area contributed by atoms with Gasteiger partial charge in [-0.05, 0) is 26.7 Å². The zero-order valence-electron chi connectivity index (χ0n) is 11.4. The van der Waals surface area contributed by atoms with Crippen molar-refractivity contribution in [2.45, 2.75) is 58.2 Å². The van der Waals surface area contributed by atoms with Crippen molar-refractivity contribution in [2.75, 3.05) is 0 Å². The lowest BCUT2D eigenvalue weighted by molar-refractivity contribution is 0.0943. The van der Waals surface area contributed by atoms with Gasteiger partial charge in [-0.2, -0.15) is 0 Å². The molecular weight excluding hydrogens is 262 g/mol. The number of hydrogen-bond acceptors (Lipinski definition) is 4. The largest absolute Gasteiger partial charge is 0.391 e. The molecule has 0 spiro atoms. The minimum atomic E-state index is -0.413. The van der Waals surface area contributed by atoms with Gasteiger partial charge in [-0.3, -0.25) is 0 Å². The van der Waals surface area contributed by atoms with E-state index in [2.05, 4.69) is 15.6 Å². The Morgan fingerprint density at radius 1 is 1.42 bits per heavy atom. The second-order valence-corrected chi connectivity index (χ2v) is 6.32. The van der Waals surface area contributed by atoms with E-state index in [-0.39, 0.29) is 12.1 Å². The minimum Gasteiger partial charge on any atom is -0.391 e. The normalized spacial score (nSPS) is 23.1. The molecule has 6 heteroatoms. The van der Waals surface area contributed by atoms with Gasteiger partial charge in [0.2, 0.25) is 0 Å². The van der Waals surface area contributed by atoms with Gasteiger partial charge in [0.1, 0.15) is 5.01 Å². The molecule has 19 heavy (non-hydrogen) atoms. The summed E-state index contributed by atoms with van der Waals surface area (Å²) in [5.41, 5.74) is 1.02. The Bertz CT molecular complexity index is 428. The van der Waals surface area contributed by atoms with E-state index in [9.17, 15) is 9.90 Å². The molecule has 2 atom stereocenters. The van der Waals surface area contributed by atoms with E-state index in [0.29, 0.717) is 6.54 Å². The fourth-order valence-electron chi connectivity index (χ4n) is 2.27. The highest BCUT2D eigenvalue weighted by molar-refractivity contribution is 7.11. The number of hydrogen-bond donors (Lipinski definition) is 3. The summed E-state index contributed by atoms with van der Waals surface area (Å²) in [6, 6.07) is -0.343. The molecule has 2 unspecified atom stereocenters. The maximum atomic E-state index is 11.8. The number of nitrogens with one attached hydrogen (secondary N) is 2. The predicted octanol–water partition coefficient (Wildman–Crippen LogP) is 1.86. The third kappa shape index (κ3) is 3.91. The molecule has 0 bridgehead atoms. The number of aryl methyl sites for hydroxylation is 2. The first-order valence-corrected chi connectivity index (χ1v) is 7.53. The maximum Gasteiger partial charge on any atom is 0.315 e. The van der Waals surface area contributed by atoms with Gasteiger partial charge in [0, 0.05) is 4.88 Å². The van der Waals surface area contributed by atoms with Crippen LogP contribution in [0.25, 0.3) is 0 Å². The van der Waals surface area contributed by atoms with Crippen LogP contribution in [-0.2, 0) is 6.54 Å². The smallest absolute Gasteiger partial charge is 0.315 e. The number of thiazole rings is 1. The summed E-state index contributed by atoms with van der Waals surface area (Å²) in [5.74, 6) is 0. The molecule has 0 saturated heterocycles. The third-order valence-corrected chi connectivity index (χ3v) is 4.59. The van der Waals surface area contributed by atoms with E-state index >= 15 is 0 Å². The van der Waals surface area contributed by atoms with Crippen LogP contribution in [0.5, 0.6) is 0 Å². The molecule has 1 saturated carbocycles. The SMILES string of the molecule is Cc1nc(CNC(=O)NC2CCCCC2O)sc1C. The Balaban J connectivity index is 1.78. The van der Waals surface area contributed by atoms with E-state index in [1.54, 1.807) is 11.3 Å². The van der Waals surface area contributed by atoms with Gasteiger partial charge in [0.05, 0.1) is 24.4 Å². The Hall–Kier alpha value is -1.14. The van der Waals surface area contributed by atoms with Crippen molar-refractivity contribution < 1.29 is 9.90 Å². The zero-order chi connectivity index (χ0) is 13.8. The lowest BCUT2D eigenvalue weighted by Gasteiger charge is -2.28. The van der Waals surface area contributed by atoms with Crippen LogP contribution in [0.1, 0.15) is 41.3 Å². The van der Waals surface area contributed by atoms with Crippen LogP contribution in [-0.4, -0.2) is 28.3 Å². The number of rotatable bonds is 3. The van der Waals surface area contributed by atoms with E-state index < -0.39 is 6.10 Å². The second-order valence-electron chi connectivity index (χ2n) is 5.03. The van der Waals surface area contributed by atoms with E-state index in [1.165, 1.54) is 4.88 Å². The summed E-state index contributed by atoms with van der Waals surface area (Å²) in [7, 11) is 0. The van der Waals surface area contributed by atoms with E-state index in [4.69, 9.17) is 0 Å².